The minimum atomic E-state index is -4.68. The summed E-state index contributed by atoms with van der Waals surface area (Å²) in [5.74, 6) is -1.85. The highest BCUT2D eigenvalue weighted by atomic mass is 19.4. The minimum Gasteiger partial charge on any atom is -0.384 e. The molecule has 1 amide bonds. The van der Waals surface area contributed by atoms with E-state index in [1.54, 1.807) is 6.92 Å². The van der Waals surface area contributed by atoms with Gasteiger partial charge in [-0.1, -0.05) is 0 Å². The zero-order valence-corrected chi connectivity index (χ0v) is 10.0. The Bertz CT molecular complexity index is 504. The molecule has 0 bridgehead atoms. The van der Waals surface area contributed by atoms with E-state index in [0.717, 1.165) is 0 Å². The number of nitrogens with two attached hydrogens (primary N) is 1. The second-order valence-electron chi connectivity index (χ2n) is 4.13. The number of nitrogens with one attached hydrogen (secondary N) is 1. The first-order valence-corrected chi connectivity index (χ1v) is 5.55. The second-order valence-corrected chi connectivity index (χ2v) is 4.13. The zero-order chi connectivity index (χ0) is 14.2. The van der Waals surface area contributed by atoms with Crippen molar-refractivity contribution in [3.8, 4) is 0 Å². The van der Waals surface area contributed by atoms with Crippen LogP contribution in [0.15, 0.2) is 6.07 Å². The summed E-state index contributed by atoms with van der Waals surface area (Å²) in [6.07, 6.45) is -4.68. The van der Waals surface area contributed by atoms with E-state index in [0.29, 0.717) is 13.1 Å². The smallest absolute Gasteiger partial charge is 0.384 e. The third kappa shape index (κ3) is 2.69. The number of alkyl halides is 3. The van der Waals surface area contributed by atoms with Crippen molar-refractivity contribution in [1.29, 1.82) is 0 Å². The number of rotatable bonds is 1. The van der Waals surface area contributed by atoms with Crippen LogP contribution in [-0.4, -0.2) is 35.0 Å². The number of aromatic nitrogens is 2. The van der Waals surface area contributed by atoms with Gasteiger partial charge in [0.1, 0.15) is 17.7 Å². The standard InChI is InChI=1S/C10H12F3N5O/c1-5-8(19)15-2-3-18(5)7-4-6(14)16-9(17-7)10(11,12)13/h4-5H,2-3H2,1H3,(H,15,19)(H2,14,16,17). The number of halogens is 3. The summed E-state index contributed by atoms with van der Waals surface area (Å²) >= 11 is 0. The number of anilines is 2. The Kier molecular flexibility index (Phi) is 3.21. The molecule has 0 saturated carbocycles. The number of piperazine rings is 1. The molecule has 2 rings (SSSR count). The van der Waals surface area contributed by atoms with Gasteiger partial charge in [-0.15, -0.1) is 0 Å². The molecule has 1 aromatic heterocycles. The molecule has 1 aromatic rings. The molecule has 1 fully saturated rings. The normalized spacial score (nSPS) is 20.3. The molecule has 19 heavy (non-hydrogen) atoms. The van der Waals surface area contributed by atoms with Gasteiger partial charge in [0.25, 0.3) is 0 Å². The van der Waals surface area contributed by atoms with E-state index in [4.69, 9.17) is 5.73 Å². The van der Waals surface area contributed by atoms with Crippen LogP contribution in [0, 0.1) is 0 Å². The van der Waals surface area contributed by atoms with E-state index in [2.05, 4.69) is 15.3 Å². The lowest BCUT2D eigenvalue weighted by Gasteiger charge is -2.33. The Morgan fingerprint density at radius 2 is 2.16 bits per heavy atom. The SMILES string of the molecule is CC1C(=O)NCCN1c1cc(N)nc(C(F)(F)F)n1. The van der Waals surface area contributed by atoms with Crippen LogP contribution in [0.1, 0.15) is 12.7 Å². The van der Waals surface area contributed by atoms with E-state index < -0.39 is 18.0 Å². The highest BCUT2D eigenvalue weighted by Gasteiger charge is 2.36. The zero-order valence-electron chi connectivity index (χ0n) is 10.0. The summed E-state index contributed by atoms with van der Waals surface area (Å²) in [5.41, 5.74) is 5.36. The molecule has 1 atom stereocenters. The fourth-order valence-corrected chi connectivity index (χ4v) is 1.82. The number of carbonyl (C=O) groups excluding carboxylic acids is 1. The minimum absolute atomic E-state index is 0.00201. The van der Waals surface area contributed by atoms with Crippen molar-refractivity contribution < 1.29 is 18.0 Å². The lowest BCUT2D eigenvalue weighted by Crippen LogP contribution is -2.54. The maximum absolute atomic E-state index is 12.6. The summed E-state index contributed by atoms with van der Waals surface area (Å²) in [6.45, 7) is 2.29. The van der Waals surface area contributed by atoms with Crippen LogP contribution in [0.2, 0.25) is 0 Å². The van der Waals surface area contributed by atoms with Gasteiger partial charge in [-0.25, -0.2) is 9.97 Å². The average Bonchev–Trinajstić information content (AvgIpc) is 2.31. The summed E-state index contributed by atoms with van der Waals surface area (Å²) < 4.78 is 37.8. The van der Waals surface area contributed by atoms with Crippen LogP contribution in [0.3, 0.4) is 0 Å². The first-order chi connectivity index (χ1) is 8.79. The largest absolute Gasteiger partial charge is 0.451 e. The monoisotopic (exact) mass is 275 g/mol. The maximum Gasteiger partial charge on any atom is 0.451 e. The summed E-state index contributed by atoms with van der Waals surface area (Å²) in [7, 11) is 0. The third-order valence-corrected chi connectivity index (χ3v) is 2.78. The Morgan fingerprint density at radius 3 is 2.79 bits per heavy atom. The Hall–Kier alpha value is -2.06. The number of hydrogen-bond donors (Lipinski definition) is 2. The molecular formula is C10H12F3N5O. The van der Waals surface area contributed by atoms with E-state index >= 15 is 0 Å². The molecule has 1 aliphatic rings. The highest BCUT2D eigenvalue weighted by Crippen LogP contribution is 2.29. The fourth-order valence-electron chi connectivity index (χ4n) is 1.82. The van der Waals surface area contributed by atoms with Gasteiger partial charge >= 0.3 is 6.18 Å². The van der Waals surface area contributed by atoms with Crippen molar-refractivity contribution in [2.75, 3.05) is 23.7 Å². The van der Waals surface area contributed by atoms with Crippen LogP contribution in [0.5, 0.6) is 0 Å². The van der Waals surface area contributed by atoms with E-state index in [-0.39, 0.29) is 17.5 Å². The van der Waals surface area contributed by atoms with Gasteiger partial charge in [-0.2, -0.15) is 13.2 Å². The lowest BCUT2D eigenvalue weighted by atomic mass is 10.2. The Balaban J connectivity index is 2.39. The van der Waals surface area contributed by atoms with Crippen molar-refractivity contribution in [2.24, 2.45) is 0 Å². The van der Waals surface area contributed by atoms with Gasteiger partial charge in [-0.05, 0) is 6.92 Å². The molecule has 9 heteroatoms. The molecule has 1 aliphatic heterocycles. The van der Waals surface area contributed by atoms with Crippen molar-refractivity contribution >= 4 is 17.5 Å². The fraction of sp³-hybridized carbons (Fsp3) is 0.500. The molecule has 0 aliphatic carbocycles. The van der Waals surface area contributed by atoms with Gasteiger partial charge in [0.15, 0.2) is 0 Å². The van der Waals surface area contributed by atoms with E-state index in [9.17, 15) is 18.0 Å². The number of carbonyl (C=O) groups is 1. The van der Waals surface area contributed by atoms with Gasteiger partial charge < -0.3 is 16.0 Å². The van der Waals surface area contributed by atoms with E-state index in [1.165, 1.54) is 11.0 Å². The molecule has 1 saturated heterocycles. The van der Waals surface area contributed by atoms with Crippen LogP contribution in [0.4, 0.5) is 24.8 Å². The molecule has 1 unspecified atom stereocenters. The van der Waals surface area contributed by atoms with Gasteiger partial charge in [0.2, 0.25) is 11.7 Å². The average molecular weight is 275 g/mol. The van der Waals surface area contributed by atoms with Crippen LogP contribution >= 0.6 is 0 Å². The van der Waals surface area contributed by atoms with Gasteiger partial charge in [-0.3, -0.25) is 4.79 Å². The predicted octanol–water partition coefficient (Wildman–Crippen LogP) is 0.402. The lowest BCUT2D eigenvalue weighted by molar-refractivity contribution is -0.144. The van der Waals surface area contributed by atoms with Crippen molar-refractivity contribution in [3.63, 3.8) is 0 Å². The third-order valence-electron chi connectivity index (χ3n) is 2.78. The number of amides is 1. The van der Waals surface area contributed by atoms with Crippen molar-refractivity contribution in [1.82, 2.24) is 15.3 Å². The topological polar surface area (TPSA) is 84.1 Å². The second kappa shape index (κ2) is 4.56. The summed E-state index contributed by atoms with van der Waals surface area (Å²) in [5, 5.41) is 2.61. The quantitative estimate of drug-likeness (QED) is 0.775. The molecule has 6 nitrogen and oxygen atoms in total. The maximum atomic E-state index is 12.6. The first-order valence-electron chi connectivity index (χ1n) is 5.55. The number of nitrogen functional groups attached to an aromatic ring is 1. The molecule has 3 N–H and O–H groups in total. The van der Waals surface area contributed by atoms with Crippen molar-refractivity contribution in [3.05, 3.63) is 11.9 Å². The molecule has 0 aromatic carbocycles. The summed E-state index contributed by atoms with van der Waals surface area (Å²) in [6, 6.07) is 0.619. The van der Waals surface area contributed by atoms with E-state index in [1.807, 2.05) is 0 Å². The van der Waals surface area contributed by atoms with Crippen LogP contribution in [-0.2, 0) is 11.0 Å². The number of hydrogen-bond acceptors (Lipinski definition) is 5. The Labute approximate surface area is 106 Å². The Morgan fingerprint density at radius 1 is 1.47 bits per heavy atom. The molecule has 0 radical (unpaired) electrons. The first kappa shape index (κ1) is 13.4. The molecule has 0 spiro atoms. The highest BCUT2D eigenvalue weighted by molar-refractivity contribution is 5.85. The predicted molar refractivity (Wildman–Crippen MR) is 61.3 cm³/mol. The van der Waals surface area contributed by atoms with Crippen LogP contribution in [0.25, 0.3) is 0 Å². The van der Waals surface area contributed by atoms with Gasteiger partial charge in [0.05, 0.1) is 0 Å². The summed E-state index contributed by atoms with van der Waals surface area (Å²) in [4.78, 5) is 19.6. The molecular weight excluding hydrogens is 263 g/mol. The molecule has 2 heterocycles. The van der Waals surface area contributed by atoms with Crippen LogP contribution < -0.4 is 16.0 Å². The number of nitrogens with zero attached hydrogens (tertiary/aromatic N) is 3. The van der Waals surface area contributed by atoms with Crippen molar-refractivity contribution in [2.45, 2.75) is 19.1 Å². The molecule has 104 valence electrons. The van der Waals surface area contributed by atoms with Gasteiger partial charge in [0, 0.05) is 19.2 Å².